The SMILES string of the molecule is CCCCCCCCCCCC[N+](C)(C)CCOC(=O)Nc1ccc(C)c(N=C=O)c1.CCCCCCCCCCCC[N+](C)(C)CCOC(=O)Nc1ccc(C)c(NC(=O)Nc2ccccc2C(=O)c2ccc(Cl)cc2)c1.Nc1ccccc1C(=O)c1ccc(Cl)cc1.[Br-].[Br-]. The van der Waals surface area contributed by atoms with Crippen LogP contribution >= 0.6 is 23.2 Å². The van der Waals surface area contributed by atoms with E-state index in [0.29, 0.717) is 79.6 Å². The van der Waals surface area contributed by atoms with Crippen LogP contribution < -0.4 is 61.0 Å². The minimum atomic E-state index is -0.544. The van der Waals surface area contributed by atoms with Crippen LogP contribution in [0.1, 0.15) is 185 Å². The number of unbranched alkanes of at least 4 members (excludes halogenated alkanes) is 18. The van der Waals surface area contributed by atoms with Gasteiger partial charge in [-0.05, 0) is 148 Å². The summed E-state index contributed by atoms with van der Waals surface area (Å²) in [5.74, 6) is -0.325. The lowest BCUT2D eigenvalue weighted by molar-refractivity contribution is -0.890. The summed E-state index contributed by atoms with van der Waals surface area (Å²) < 4.78 is 12.5. The van der Waals surface area contributed by atoms with Crippen molar-refractivity contribution < 1.29 is 81.2 Å². The fourth-order valence-corrected chi connectivity index (χ4v) is 10.6. The molecule has 0 fully saturated rings. The lowest BCUT2D eigenvalue weighted by atomic mass is 10.0. The number of carbonyl (C=O) groups excluding carboxylic acids is 6. The van der Waals surface area contributed by atoms with Crippen LogP contribution in [0.15, 0.2) is 138 Å². The molecule has 0 heterocycles. The quantitative estimate of drug-likeness (QED) is 0.00627. The maximum atomic E-state index is 13.1. The zero-order chi connectivity index (χ0) is 68.6. The van der Waals surface area contributed by atoms with Crippen molar-refractivity contribution in [3.05, 3.63) is 177 Å². The zero-order valence-electron chi connectivity index (χ0n) is 57.8. The number of nitrogens with zero attached hydrogens (tertiary/aromatic N) is 3. The number of ether oxygens (including phenoxy) is 2. The number of carbonyl (C=O) groups is 5. The number of hydrogen-bond donors (Lipinski definition) is 5. The second kappa shape index (κ2) is 47.9. The van der Waals surface area contributed by atoms with Crippen molar-refractivity contribution in [3.8, 4) is 0 Å². The highest BCUT2D eigenvalue weighted by Crippen LogP contribution is 2.26. The lowest BCUT2D eigenvalue weighted by Crippen LogP contribution is -3.00. The molecule has 6 N–H and O–H groups in total. The molecule has 0 saturated heterocycles. The van der Waals surface area contributed by atoms with Gasteiger partial charge in [-0.25, -0.2) is 19.2 Å². The highest BCUT2D eigenvalue weighted by Gasteiger charge is 2.20. The van der Waals surface area contributed by atoms with Gasteiger partial charge >= 0.3 is 18.2 Å². The van der Waals surface area contributed by atoms with Gasteiger partial charge < -0.3 is 68.8 Å². The van der Waals surface area contributed by atoms with Crippen LogP contribution in [0.2, 0.25) is 10.0 Å². The van der Waals surface area contributed by atoms with Gasteiger partial charge in [-0.3, -0.25) is 20.2 Å². The minimum absolute atomic E-state index is 0. The molecule has 524 valence electrons. The Balaban J connectivity index is 0.000000546. The molecule has 0 aliphatic rings. The molecule has 0 radical (unpaired) electrons. The van der Waals surface area contributed by atoms with Crippen molar-refractivity contribution >= 4 is 93.2 Å². The Labute approximate surface area is 603 Å². The molecule has 0 spiro atoms. The van der Waals surface area contributed by atoms with E-state index < -0.39 is 18.2 Å². The van der Waals surface area contributed by atoms with E-state index in [1.54, 1.807) is 133 Å². The molecule has 6 aromatic carbocycles. The van der Waals surface area contributed by atoms with Crippen molar-refractivity contribution in [2.45, 2.75) is 156 Å². The fourth-order valence-electron chi connectivity index (χ4n) is 10.3. The molecule has 0 unspecified atom stereocenters. The summed E-state index contributed by atoms with van der Waals surface area (Å²) in [7, 11) is 8.70. The van der Waals surface area contributed by atoms with Gasteiger partial charge in [-0.1, -0.05) is 176 Å². The van der Waals surface area contributed by atoms with Gasteiger partial charge in [-0.15, -0.1) is 0 Å². The molecule has 6 aromatic rings. The number of para-hydroxylation sites is 2. The summed E-state index contributed by atoms with van der Waals surface area (Å²) in [5.41, 5.74) is 12.2. The van der Waals surface area contributed by atoms with E-state index in [9.17, 15) is 28.8 Å². The third kappa shape index (κ3) is 34.9. The van der Waals surface area contributed by atoms with E-state index in [-0.39, 0.29) is 45.5 Å². The van der Waals surface area contributed by atoms with Crippen molar-refractivity contribution in [3.63, 3.8) is 0 Å². The fraction of sp³-hybridized carbons (Fsp3) is 0.447. The molecule has 4 amide bonds. The summed E-state index contributed by atoms with van der Waals surface area (Å²) in [4.78, 5) is 76.9. The lowest BCUT2D eigenvalue weighted by Gasteiger charge is -2.29. The Morgan fingerprint density at radius 1 is 0.458 bits per heavy atom. The van der Waals surface area contributed by atoms with Crippen LogP contribution in [0.5, 0.6) is 0 Å². The Bertz CT molecular complexity index is 3330. The number of anilines is 5. The first-order valence-corrected chi connectivity index (χ1v) is 34.3. The molecule has 20 heteroatoms. The van der Waals surface area contributed by atoms with Crippen LogP contribution in [0.25, 0.3) is 0 Å². The number of quaternary nitrogens is 2. The predicted octanol–water partition coefficient (Wildman–Crippen LogP) is 13.7. The Morgan fingerprint density at radius 3 is 1.29 bits per heavy atom. The zero-order valence-corrected chi connectivity index (χ0v) is 62.5. The largest absolute Gasteiger partial charge is 1.00 e. The number of ketones is 2. The van der Waals surface area contributed by atoms with E-state index >= 15 is 0 Å². The normalized spacial score (nSPS) is 10.7. The first-order chi connectivity index (χ1) is 45.1. The number of benzene rings is 6. The highest BCUT2D eigenvalue weighted by atomic mass is 79.9. The molecule has 0 atom stereocenters. The van der Waals surface area contributed by atoms with Crippen molar-refractivity contribution in [2.75, 3.05) is 94.6 Å². The number of hydrogen-bond acceptors (Lipinski definition) is 10. The Kier molecular flexibility index (Phi) is 42.5. The van der Waals surface area contributed by atoms with E-state index in [1.807, 2.05) is 13.8 Å². The predicted molar refractivity (Wildman–Crippen MR) is 387 cm³/mol. The van der Waals surface area contributed by atoms with Gasteiger partial charge in [0, 0.05) is 55.0 Å². The molecule has 0 bridgehead atoms. The van der Waals surface area contributed by atoms with Gasteiger partial charge in [0.25, 0.3) is 0 Å². The molecule has 16 nitrogen and oxygen atoms in total. The maximum absolute atomic E-state index is 13.1. The van der Waals surface area contributed by atoms with Gasteiger partial charge in [-0.2, -0.15) is 4.99 Å². The Hall–Kier alpha value is -6.89. The number of nitrogens with one attached hydrogen (secondary N) is 4. The molecular weight excluding hydrogens is 1380 g/mol. The van der Waals surface area contributed by atoms with Crippen LogP contribution in [0, 0.1) is 13.8 Å². The average Bonchev–Trinajstić information content (AvgIpc) is 0.903. The molecule has 0 saturated carbocycles. The van der Waals surface area contributed by atoms with Crippen molar-refractivity contribution in [1.29, 1.82) is 0 Å². The second-order valence-corrected chi connectivity index (χ2v) is 26.1. The number of amides is 4. The molecule has 0 aliphatic carbocycles. The number of halogens is 4. The number of nitrogen functional groups attached to an aromatic ring is 1. The minimum Gasteiger partial charge on any atom is -1.00 e. The van der Waals surface area contributed by atoms with Gasteiger partial charge in [0.2, 0.25) is 6.08 Å². The van der Waals surface area contributed by atoms with E-state index in [2.05, 4.69) is 68.3 Å². The molecule has 6 rings (SSSR count). The van der Waals surface area contributed by atoms with E-state index in [0.717, 1.165) is 46.3 Å². The summed E-state index contributed by atoms with van der Waals surface area (Å²) >= 11 is 11.7. The van der Waals surface area contributed by atoms with Crippen LogP contribution in [-0.2, 0) is 14.3 Å². The second-order valence-electron chi connectivity index (χ2n) is 25.3. The number of likely N-dealkylation sites (N-methyl/N-ethyl adjacent to an activating group) is 2. The standard InChI is InChI=1S/C38H51ClN4O4.C25H41N3O3.C13H10ClNO.2BrH/c1-5-6-7-8-9-10-11-12-13-16-25-43(3,4)26-27-47-38(46)40-32-24-19-29(2)35(28-32)42-37(45)41-34-18-15-14-17-33(34)36(44)30-20-22-31(39)23-21-30;1-5-6-7-8-9-10-11-12-13-14-17-28(3,4)18-19-31-25(30)27-23-16-15-22(2)24(20-23)26-21-29;14-10-7-5-9(6-8-10)13(16)11-3-1-2-4-12(11)15;;/h14-15,17-24,28H,5-13,16,25-27H2,1-4H3,(H2-,40,41,42,44,45,46);15-16,20H,5-14,17-19H2,1-4H3;1-8H,15H2;2*1H. The van der Waals surface area contributed by atoms with Crippen LogP contribution in [-0.4, -0.2) is 112 Å². The average molecular weight is 1490 g/mol. The van der Waals surface area contributed by atoms with Gasteiger partial charge in [0.15, 0.2) is 11.6 Å². The summed E-state index contributed by atoms with van der Waals surface area (Å²) in [5, 5.41) is 12.2. The highest BCUT2D eigenvalue weighted by molar-refractivity contribution is 6.31. The third-order valence-corrected chi connectivity index (χ3v) is 16.8. The Morgan fingerprint density at radius 2 is 0.844 bits per heavy atom. The topological polar surface area (TPSA) is 207 Å². The smallest absolute Gasteiger partial charge is 0.411 e. The summed E-state index contributed by atoms with van der Waals surface area (Å²) in [6, 6.07) is 37.1. The number of nitrogens with two attached hydrogens (primary N) is 1. The number of isocyanates is 1. The van der Waals surface area contributed by atoms with Crippen LogP contribution in [0.4, 0.5) is 48.5 Å². The van der Waals surface area contributed by atoms with Crippen molar-refractivity contribution in [1.82, 2.24) is 0 Å². The molecule has 96 heavy (non-hydrogen) atoms. The number of urea groups is 1. The molecular formula is C76H104Br2Cl2N8O8. The maximum Gasteiger partial charge on any atom is 0.411 e. The first kappa shape index (κ1) is 85.2. The number of rotatable bonds is 37. The van der Waals surface area contributed by atoms with Crippen molar-refractivity contribution in [2.24, 2.45) is 4.99 Å². The monoisotopic (exact) mass is 1480 g/mol. The van der Waals surface area contributed by atoms with E-state index in [4.69, 9.17) is 38.4 Å². The summed E-state index contributed by atoms with van der Waals surface area (Å²) in [6.07, 6.45) is 27.0. The summed E-state index contributed by atoms with van der Waals surface area (Å²) in [6.45, 7) is 12.5. The molecule has 0 aromatic heterocycles. The number of aliphatic imine (C=N–C) groups is 1. The number of aryl methyl sites for hydroxylation is 2. The third-order valence-electron chi connectivity index (χ3n) is 16.3. The first-order valence-electron chi connectivity index (χ1n) is 33.6. The van der Waals surface area contributed by atoms with E-state index in [1.165, 1.54) is 134 Å². The van der Waals surface area contributed by atoms with Gasteiger partial charge in [0.1, 0.15) is 26.3 Å². The molecule has 0 aliphatic heterocycles. The van der Waals surface area contributed by atoms with Crippen LogP contribution in [0.3, 0.4) is 0 Å². The van der Waals surface area contributed by atoms with Gasteiger partial charge in [0.05, 0.1) is 52.7 Å².